The van der Waals surface area contributed by atoms with Crippen LogP contribution in [0, 0.1) is 0 Å². The molecule has 0 N–H and O–H groups in total. The molecule has 0 spiro atoms. The van der Waals surface area contributed by atoms with E-state index in [1.165, 1.54) is 10.9 Å². The van der Waals surface area contributed by atoms with Crippen molar-refractivity contribution in [3.05, 3.63) is 47.4 Å². The number of hydrogen-bond donors (Lipinski definition) is 0. The minimum absolute atomic E-state index is 0.257. The van der Waals surface area contributed by atoms with E-state index in [1.54, 1.807) is 0 Å². The van der Waals surface area contributed by atoms with E-state index in [-0.39, 0.29) is 6.10 Å². The van der Waals surface area contributed by atoms with Gasteiger partial charge in [0.25, 0.3) is 0 Å². The first-order valence-corrected chi connectivity index (χ1v) is 8.99. The van der Waals surface area contributed by atoms with Gasteiger partial charge in [-0.3, -0.25) is 0 Å². The molecule has 1 aliphatic heterocycles. The second-order valence-electron chi connectivity index (χ2n) is 5.07. The Morgan fingerprint density at radius 3 is 2.33 bits per heavy atom. The normalized spacial score (nSPS) is 21.0. The van der Waals surface area contributed by atoms with Crippen LogP contribution in [0.25, 0.3) is 0 Å². The summed E-state index contributed by atoms with van der Waals surface area (Å²) in [6, 6.07) is 10.5. The third-order valence-electron chi connectivity index (χ3n) is 2.70. The zero-order chi connectivity index (χ0) is 10.9. The van der Waals surface area contributed by atoms with Crippen LogP contribution in [-0.4, -0.2) is 8.07 Å². The summed E-state index contributed by atoms with van der Waals surface area (Å²) in [4.78, 5) is 0. The number of benzene rings is 1. The average molecular weight is 218 g/mol. The van der Waals surface area contributed by atoms with Crippen molar-refractivity contribution in [2.24, 2.45) is 0 Å². The predicted octanol–water partition coefficient (Wildman–Crippen LogP) is 3.91. The molecule has 0 saturated carbocycles. The Bertz CT molecular complexity index is 362. The van der Waals surface area contributed by atoms with Crippen LogP contribution >= 0.6 is 0 Å². The van der Waals surface area contributed by atoms with Gasteiger partial charge in [-0.05, 0) is 11.6 Å². The summed E-state index contributed by atoms with van der Waals surface area (Å²) >= 11 is 0. The van der Waals surface area contributed by atoms with Gasteiger partial charge in [-0.25, -0.2) is 0 Å². The van der Waals surface area contributed by atoms with Gasteiger partial charge in [-0.15, -0.1) is 0 Å². The average Bonchev–Trinajstić information content (AvgIpc) is 2.67. The number of hydrogen-bond acceptors (Lipinski definition) is 1. The van der Waals surface area contributed by atoms with E-state index in [0.29, 0.717) is 0 Å². The van der Waals surface area contributed by atoms with E-state index in [4.69, 9.17) is 4.74 Å². The molecule has 1 aromatic carbocycles. The topological polar surface area (TPSA) is 9.23 Å². The predicted molar refractivity (Wildman–Crippen MR) is 66.3 cm³/mol. The lowest BCUT2D eigenvalue weighted by Gasteiger charge is -2.21. The molecule has 0 fully saturated rings. The highest BCUT2D eigenvalue weighted by atomic mass is 28.3. The largest absolute Gasteiger partial charge is 0.495 e. The van der Waals surface area contributed by atoms with Gasteiger partial charge in [0.15, 0.2) is 0 Å². The van der Waals surface area contributed by atoms with Crippen molar-refractivity contribution in [2.45, 2.75) is 32.2 Å². The van der Waals surface area contributed by atoms with Crippen molar-refractivity contribution in [3.63, 3.8) is 0 Å². The molecule has 0 bridgehead atoms. The molecular formula is C13H18OSi. The van der Waals surface area contributed by atoms with Crippen LogP contribution in [0.4, 0.5) is 0 Å². The highest BCUT2D eigenvalue weighted by molar-refractivity contribution is 6.82. The Labute approximate surface area is 92.8 Å². The van der Waals surface area contributed by atoms with E-state index in [2.05, 4.69) is 50.0 Å². The highest BCUT2D eigenvalue weighted by Crippen LogP contribution is 2.34. The summed E-state index contributed by atoms with van der Waals surface area (Å²) < 4.78 is 6.03. The Hall–Kier alpha value is -1.02. The van der Waals surface area contributed by atoms with Crippen LogP contribution in [0.15, 0.2) is 41.8 Å². The molecule has 0 aliphatic carbocycles. The van der Waals surface area contributed by atoms with Crippen molar-refractivity contribution in [1.29, 1.82) is 0 Å². The van der Waals surface area contributed by atoms with Gasteiger partial charge in [0.05, 0.1) is 5.38 Å². The van der Waals surface area contributed by atoms with E-state index in [0.717, 1.165) is 6.42 Å². The lowest BCUT2D eigenvalue weighted by atomic mass is 10.1. The summed E-state index contributed by atoms with van der Waals surface area (Å²) in [6.45, 7) is 6.98. The Morgan fingerprint density at radius 1 is 1.13 bits per heavy atom. The first-order chi connectivity index (χ1) is 7.07. The fourth-order valence-electron chi connectivity index (χ4n) is 1.82. The van der Waals surface area contributed by atoms with Crippen LogP contribution in [0.2, 0.25) is 19.6 Å². The Morgan fingerprint density at radius 2 is 1.80 bits per heavy atom. The molecule has 1 nitrogen and oxygen atoms in total. The van der Waals surface area contributed by atoms with Crippen LogP contribution in [0.1, 0.15) is 18.1 Å². The van der Waals surface area contributed by atoms with Gasteiger partial charge in [0, 0.05) is 6.42 Å². The summed E-state index contributed by atoms with van der Waals surface area (Å²) in [7, 11) is -1.26. The maximum atomic E-state index is 6.03. The molecule has 0 amide bonds. The molecule has 1 aromatic rings. The van der Waals surface area contributed by atoms with E-state index < -0.39 is 8.07 Å². The summed E-state index contributed by atoms with van der Waals surface area (Å²) in [5, 5.41) is 1.26. The molecule has 0 saturated heterocycles. The minimum atomic E-state index is -1.26. The van der Waals surface area contributed by atoms with Gasteiger partial charge >= 0.3 is 0 Å². The third kappa shape index (κ3) is 2.32. The SMILES string of the molecule is C[Si](C)(C)C1=CCC(c2ccccc2)O1. The lowest BCUT2D eigenvalue weighted by Crippen LogP contribution is -2.24. The molecular weight excluding hydrogens is 200 g/mol. The van der Waals surface area contributed by atoms with Crippen LogP contribution in [-0.2, 0) is 4.74 Å². The van der Waals surface area contributed by atoms with Crippen molar-refractivity contribution < 1.29 is 4.74 Å². The van der Waals surface area contributed by atoms with Crippen LogP contribution in [0.5, 0.6) is 0 Å². The molecule has 0 radical (unpaired) electrons. The van der Waals surface area contributed by atoms with E-state index in [1.807, 2.05) is 6.07 Å². The van der Waals surface area contributed by atoms with E-state index in [9.17, 15) is 0 Å². The zero-order valence-corrected chi connectivity index (χ0v) is 10.7. The Balaban J connectivity index is 2.09. The monoisotopic (exact) mass is 218 g/mol. The molecule has 2 heteroatoms. The molecule has 15 heavy (non-hydrogen) atoms. The zero-order valence-electron chi connectivity index (χ0n) is 9.66. The maximum Gasteiger partial charge on any atom is 0.126 e. The van der Waals surface area contributed by atoms with Crippen LogP contribution < -0.4 is 0 Å². The van der Waals surface area contributed by atoms with E-state index >= 15 is 0 Å². The quantitative estimate of drug-likeness (QED) is 0.684. The highest BCUT2D eigenvalue weighted by Gasteiger charge is 2.29. The second-order valence-corrected chi connectivity index (χ2v) is 10.1. The summed E-state index contributed by atoms with van der Waals surface area (Å²) in [5.41, 5.74) is 1.29. The third-order valence-corrected chi connectivity index (χ3v) is 4.50. The number of rotatable bonds is 2. The van der Waals surface area contributed by atoms with Crippen molar-refractivity contribution in [3.8, 4) is 0 Å². The smallest absolute Gasteiger partial charge is 0.126 e. The summed E-state index contributed by atoms with van der Waals surface area (Å²) in [6.07, 6.45) is 3.57. The van der Waals surface area contributed by atoms with Gasteiger partial charge in [-0.1, -0.05) is 50.0 Å². The molecule has 0 aromatic heterocycles. The van der Waals surface area contributed by atoms with Gasteiger partial charge < -0.3 is 4.74 Å². The molecule has 1 atom stereocenters. The fraction of sp³-hybridized carbons (Fsp3) is 0.385. The van der Waals surface area contributed by atoms with Crippen LogP contribution in [0.3, 0.4) is 0 Å². The van der Waals surface area contributed by atoms with Crippen molar-refractivity contribution in [2.75, 3.05) is 0 Å². The van der Waals surface area contributed by atoms with Crippen molar-refractivity contribution in [1.82, 2.24) is 0 Å². The molecule has 1 heterocycles. The molecule has 2 rings (SSSR count). The summed E-state index contributed by atoms with van der Waals surface area (Å²) in [5.74, 6) is 0. The van der Waals surface area contributed by atoms with Gasteiger partial charge in [0.1, 0.15) is 14.2 Å². The first-order valence-electron chi connectivity index (χ1n) is 5.49. The van der Waals surface area contributed by atoms with Gasteiger partial charge in [-0.2, -0.15) is 0 Å². The molecule has 80 valence electrons. The Kier molecular flexibility index (Phi) is 2.70. The standard InChI is InChI=1S/C13H18OSi/c1-15(2,3)13-10-9-12(14-13)11-7-5-4-6-8-11/h4-8,10,12H,9H2,1-3H3. The van der Waals surface area contributed by atoms with Crippen molar-refractivity contribution >= 4 is 8.07 Å². The number of ether oxygens (including phenoxy) is 1. The van der Waals surface area contributed by atoms with Gasteiger partial charge in [0.2, 0.25) is 0 Å². The lowest BCUT2D eigenvalue weighted by molar-refractivity contribution is 0.160. The maximum absolute atomic E-state index is 6.03. The minimum Gasteiger partial charge on any atom is -0.495 e. The molecule has 1 aliphatic rings. The second kappa shape index (κ2) is 3.85. The molecule has 1 unspecified atom stereocenters. The first kappa shape index (κ1) is 10.5. The fourth-order valence-corrected chi connectivity index (χ4v) is 3.04.